The molecule has 4 N–H and O–H groups in total. The van der Waals surface area contributed by atoms with Crippen LogP contribution in [0.4, 0.5) is 17.1 Å². The van der Waals surface area contributed by atoms with Gasteiger partial charge in [0.15, 0.2) is 0 Å². The molecular weight excluding hydrogens is 522 g/mol. The smallest absolute Gasteiger partial charge is 0.103 e. The quantitative estimate of drug-likeness (QED) is 0.219. The van der Waals surface area contributed by atoms with E-state index in [0.29, 0.717) is 56.2 Å². The molecule has 4 aromatic rings. The summed E-state index contributed by atoms with van der Waals surface area (Å²) >= 11 is 6.64. The van der Waals surface area contributed by atoms with Gasteiger partial charge >= 0.3 is 0 Å². The molecule has 1 unspecified atom stereocenters. The summed E-state index contributed by atoms with van der Waals surface area (Å²) in [6.45, 7) is 6.86. The maximum Gasteiger partial charge on any atom is 0.103 e. The van der Waals surface area contributed by atoms with E-state index < -0.39 is 6.02 Å². The lowest BCUT2D eigenvalue weighted by Crippen LogP contribution is -2.37. The van der Waals surface area contributed by atoms with Crippen LogP contribution in [0.2, 0.25) is 5.02 Å². The summed E-state index contributed by atoms with van der Waals surface area (Å²) in [7, 11) is 0. The molecule has 2 aromatic heterocycles. The Balaban J connectivity index is 1.65. The average Bonchev–Trinajstić information content (AvgIpc) is 3.47. The van der Waals surface area contributed by atoms with Crippen LogP contribution in [0.1, 0.15) is 44.9 Å². The topological polar surface area (TPSA) is 125 Å². The Hall–Kier alpha value is -4.83. The average molecular weight is 551 g/mol. The number of hydrogen-bond acceptors (Lipinski definition) is 9. The SMILES string of the molecule is [2H]C(Nc1cc(C#N)c2ncc(C#N)c(NCC(C)(C)C)c2c1)(C1=CN(c2cccnc2)NN1)c1ccccc1Cl. The van der Waals surface area contributed by atoms with E-state index in [2.05, 4.69) is 64.5 Å². The summed E-state index contributed by atoms with van der Waals surface area (Å²) in [5, 5.41) is 29.3. The number of fused-ring (bicyclic) bond motifs is 1. The van der Waals surface area contributed by atoms with Crippen molar-refractivity contribution in [3.05, 3.63) is 101 Å². The number of hydrogen-bond donors (Lipinski definition) is 4. The van der Waals surface area contributed by atoms with Crippen molar-refractivity contribution in [3.63, 3.8) is 0 Å². The van der Waals surface area contributed by atoms with Gasteiger partial charge in [-0.05, 0) is 41.3 Å². The molecule has 0 aliphatic carbocycles. The van der Waals surface area contributed by atoms with Gasteiger partial charge in [0.25, 0.3) is 0 Å². The van der Waals surface area contributed by atoms with Crippen LogP contribution in [0.25, 0.3) is 10.9 Å². The molecule has 1 aliphatic heterocycles. The van der Waals surface area contributed by atoms with E-state index in [1.807, 2.05) is 18.2 Å². The molecule has 0 amide bonds. The van der Waals surface area contributed by atoms with Gasteiger partial charge in [-0.25, -0.2) is 0 Å². The van der Waals surface area contributed by atoms with Crippen molar-refractivity contribution in [1.29, 1.82) is 10.5 Å². The first-order valence-electron chi connectivity index (χ1n) is 13.1. The number of hydrazine groups is 2. The minimum absolute atomic E-state index is 0.0651. The van der Waals surface area contributed by atoms with Crippen molar-refractivity contribution in [1.82, 2.24) is 20.9 Å². The maximum atomic E-state index is 10.1. The third-order valence-electron chi connectivity index (χ3n) is 6.18. The van der Waals surface area contributed by atoms with Gasteiger partial charge in [0.05, 0.1) is 47.3 Å². The molecule has 9 nitrogen and oxygen atoms in total. The van der Waals surface area contributed by atoms with Gasteiger partial charge in [-0.1, -0.05) is 50.6 Å². The molecule has 1 aliphatic rings. The Morgan fingerprint density at radius 2 is 1.90 bits per heavy atom. The van der Waals surface area contributed by atoms with Crippen LogP contribution in [-0.4, -0.2) is 16.5 Å². The van der Waals surface area contributed by atoms with Crippen molar-refractivity contribution in [2.75, 3.05) is 22.2 Å². The van der Waals surface area contributed by atoms with Crippen LogP contribution >= 0.6 is 11.6 Å². The molecule has 1 atom stereocenters. The number of nitrogens with one attached hydrogen (secondary N) is 4. The predicted octanol–water partition coefficient (Wildman–Crippen LogP) is 6.01. The van der Waals surface area contributed by atoms with E-state index in [9.17, 15) is 11.9 Å². The number of aromatic nitrogens is 2. The largest absolute Gasteiger partial charge is 0.383 e. The molecule has 0 bridgehead atoms. The molecule has 0 spiro atoms. The Kier molecular flexibility index (Phi) is 7.07. The molecule has 0 saturated heterocycles. The normalized spacial score (nSPS) is 14.8. The zero-order valence-electron chi connectivity index (χ0n) is 23.2. The van der Waals surface area contributed by atoms with Crippen LogP contribution in [0.3, 0.4) is 0 Å². The number of rotatable bonds is 7. The predicted molar refractivity (Wildman–Crippen MR) is 158 cm³/mol. The van der Waals surface area contributed by atoms with E-state index in [0.717, 1.165) is 5.69 Å². The van der Waals surface area contributed by atoms with Crippen LogP contribution in [0, 0.1) is 28.1 Å². The Morgan fingerprint density at radius 3 is 2.60 bits per heavy atom. The molecule has 10 heteroatoms. The highest BCUT2D eigenvalue weighted by Gasteiger charge is 2.26. The van der Waals surface area contributed by atoms with Gasteiger partial charge in [0.1, 0.15) is 12.1 Å². The zero-order valence-corrected chi connectivity index (χ0v) is 23.0. The molecular formula is C30H28ClN9. The second kappa shape index (κ2) is 11.1. The van der Waals surface area contributed by atoms with E-state index in [4.69, 9.17) is 11.6 Å². The molecule has 0 fully saturated rings. The number of nitriles is 2. The first kappa shape index (κ1) is 25.4. The highest BCUT2D eigenvalue weighted by atomic mass is 35.5. The highest BCUT2D eigenvalue weighted by Crippen LogP contribution is 2.36. The lowest BCUT2D eigenvalue weighted by Gasteiger charge is -2.24. The van der Waals surface area contributed by atoms with Crippen LogP contribution in [-0.2, 0) is 0 Å². The number of anilines is 3. The van der Waals surface area contributed by atoms with Crippen molar-refractivity contribution in [2.45, 2.75) is 26.8 Å². The molecule has 0 radical (unpaired) electrons. The van der Waals surface area contributed by atoms with Gasteiger partial charge in [-0.3, -0.25) is 15.0 Å². The van der Waals surface area contributed by atoms with Gasteiger partial charge in [-0.15, -0.1) is 5.53 Å². The van der Waals surface area contributed by atoms with E-state index in [1.54, 1.807) is 53.9 Å². The molecule has 0 saturated carbocycles. The molecule has 40 heavy (non-hydrogen) atoms. The standard InChI is InChI=1S/C30H28ClN9/c1-30(2,3)18-36-28-20(14-33)15-35-27-19(13-32)11-21(12-24(27)28)37-29(23-8-4-5-9-25(23)31)26-17-40(39-38-26)22-7-6-10-34-16-22/h4-12,15-17,29,37-39H,18H2,1-3H3,(H,35,36)/i29D. The fourth-order valence-corrected chi connectivity index (χ4v) is 4.48. The molecule has 200 valence electrons. The van der Waals surface area contributed by atoms with Crippen LogP contribution in [0.5, 0.6) is 0 Å². The number of nitrogens with zero attached hydrogens (tertiary/aromatic N) is 5. The van der Waals surface area contributed by atoms with Gasteiger partial charge in [0.2, 0.25) is 0 Å². The highest BCUT2D eigenvalue weighted by molar-refractivity contribution is 6.31. The van der Waals surface area contributed by atoms with E-state index >= 15 is 0 Å². The Morgan fingerprint density at radius 1 is 1.10 bits per heavy atom. The second-order valence-electron chi connectivity index (χ2n) is 10.4. The van der Waals surface area contributed by atoms with Crippen molar-refractivity contribution in [3.8, 4) is 12.1 Å². The maximum absolute atomic E-state index is 10.1. The van der Waals surface area contributed by atoms with E-state index in [1.165, 1.54) is 6.20 Å². The summed E-state index contributed by atoms with van der Waals surface area (Å²) in [5.41, 5.74) is 9.97. The van der Waals surface area contributed by atoms with Crippen molar-refractivity contribution < 1.29 is 1.37 Å². The van der Waals surface area contributed by atoms with Crippen LogP contribution < -0.4 is 26.6 Å². The Labute approximate surface area is 239 Å². The van der Waals surface area contributed by atoms with Gasteiger partial charge < -0.3 is 16.1 Å². The Bertz CT molecular complexity index is 1720. The first-order chi connectivity index (χ1) is 19.6. The minimum Gasteiger partial charge on any atom is -0.383 e. The summed E-state index contributed by atoms with van der Waals surface area (Å²) in [6.07, 6.45) is 6.60. The monoisotopic (exact) mass is 550 g/mol. The first-order valence-corrected chi connectivity index (χ1v) is 13.0. The fourth-order valence-electron chi connectivity index (χ4n) is 4.25. The van der Waals surface area contributed by atoms with Crippen LogP contribution in [0.15, 0.2) is 79.0 Å². The third-order valence-corrected chi connectivity index (χ3v) is 6.51. The van der Waals surface area contributed by atoms with Crippen molar-refractivity contribution in [2.24, 2.45) is 5.41 Å². The lowest BCUT2D eigenvalue weighted by molar-refractivity contribution is 0.443. The summed E-state index contributed by atoms with van der Waals surface area (Å²) in [4.78, 5) is 8.60. The third kappa shape index (κ3) is 5.62. The van der Waals surface area contributed by atoms with Crippen molar-refractivity contribution >= 4 is 39.6 Å². The minimum atomic E-state index is -1.62. The van der Waals surface area contributed by atoms with Gasteiger partial charge in [0, 0.05) is 41.2 Å². The van der Waals surface area contributed by atoms with E-state index in [-0.39, 0.29) is 5.41 Å². The summed E-state index contributed by atoms with van der Waals surface area (Å²) in [5.74, 6) is 0. The lowest BCUT2D eigenvalue weighted by atomic mass is 9.96. The number of halogens is 1. The summed E-state index contributed by atoms with van der Waals surface area (Å²) < 4.78 is 9.75. The second-order valence-corrected chi connectivity index (χ2v) is 10.9. The zero-order chi connectivity index (χ0) is 29.2. The summed E-state index contributed by atoms with van der Waals surface area (Å²) in [6, 6.07) is 17.1. The molecule has 2 aromatic carbocycles. The number of benzene rings is 2. The van der Waals surface area contributed by atoms with Gasteiger partial charge in [-0.2, -0.15) is 10.5 Å². The fraction of sp³-hybridized carbons (Fsp3) is 0.200. The molecule has 5 rings (SSSR count). The molecule has 3 heterocycles. The number of pyridine rings is 2.